The maximum absolute atomic E-state index is 14.6. The standard InChI is InChI=1S/C22H28FN5O2/c1-13(29)26-15-6-4-5-14(7-15)21(30)27-20-8-16(18(23)11-24-20)17-10-25-28-12-22(2,3)9-19(17)28/h8,10-11,14-15H,4-7,9,12H2,1-3H3,(H,26,29)(H,24,27,30)/t14-,15+/m1/s1. The molecule has 2 aliphatic rings. The lowest BCUT2D eigenvalue weighted by Gasteiger charge is -2.28. The normalized spacial score (nSPS) is 22.4. The van der Waals surface area contributed by atoms with Gasteiger partial charge >= 0.3 is 0 Å². The zero-order chi connectivity index (χ0) is 21.5. The number of nitrogens with one attached hydrogen (secondary N) is 2. The maximum Gasteiger partial charge on any atom is 0.228 e. The number of anilines is 1. The van der Waals surface area contributed by atoms with Crippen molar-refractivity contribution in [1.82, 2.24) is 20.1 Å². The van der Waals surface area contributed by atoms with Gasteiger partial charge in [0.1, 0.15) is 11.6 Å². The molecular weight excluding hydrogens is 385 g/mol. The zero-order valence-corrected chi connectivity index (χ0v) is 17.7. The van der Waals surface area contributed by atoms with E-state index in [1.165, 1.54) is 6.92 Å². The summed E-state index contributed by atoms with van der Waals surface area (Å²) in [6.45, 7) is 6.62. The first-order valence-corrected chi connectivity index (χ1v) is 10.5. The van der Waals surface area contributed by atoms with Crippen LogP contribution >= 0.6 is 0 Å². The van der Waals surface area contributed by atoms with Gasteiger partial charge in [0.15, 0.2) is 0 Å². The van der Waals surface area contributed by atoms with Crippen molar-refractivity contribution in [2.24, 2.45) is 11.3 Å². The van der Waals surface area contributed by atoms with Crippen LogP contribution in [0.4, 0.5) is 10.2 Å². The summed E-state index contributed by atoms with van der Waals surface area (Å²) in [7, 11) is 0. The molecule has 160 valence electrons. The zero-order valence-electron chi connectivity index (χ0n) is 17.7. The number of aromatic nitrogens is 3. The molecule has 1 saturated carbocycles. The van der Waals surface area contributed by atoms with Crippen LogP contribution in [0.5, 0.6) is 0 Å². The number of pyridine rings is 1. The Morgan fingerprint density at radius 3 is 2.80 bits per heavy atom. The van der Waals surface area contributed by atoms with Crippen molar-refractivity contribution in [2.75, 3.05) is 5.32 Å². The molecule has 0 unspecified atom stereocenters. The van der Waals surface area contributed by atoms with E-state index in [-0.39, 0.29) is 29.2 Å². The van der Waals surface area contributed by atoms with Gasteiger partial charge in [-0.15, -0.1) is 0 Å². The van der Waals surface area contributed by atoms with E-state index in [4.69, 9.17) is 0 Å². The van der Waals surface area contributed by atoms with E-state index in [0.717, 1.165) is 49.7 Å². The Kier molecular flexibility index (Phi) is 5.34. The summed E-state index contributed by atoms with van der Waals surface area (Å²) < 4.78 is 16.5. The fraction of sp³-hybridized carbons (Fsp3) is 0.545. The molecule has 0 saturated heterocycles. The van der Waals surface area contributed by atoms with E-state index in [1.807, 2.05) is 4.68 Å². The number of halogens is 1. The maximum atomic E-state index is 14.6. The van der Waals surface area contributed by atoms with Crippen LogP contribution in [-0.2, 0) is 22.6 Å². The van der Waals surface area contributed by atoms with Crippen LogP contribution in [0.15, 0.2) is 18.5 Å². The molecule has 3 heterocycles. The van der Waals surface area contributed by atoms with E-state index in [1.54, 1.807) is 12.3 Å². The third-order valence-corrected chi connectivity index (χ3v) is 6.02. The molecule has 0 radical (unpaired) electrons. The van der Waals surface area contributed by atoms with Crippen LogP contribution < -0.4 is 10.6 Å². The van der Waals surface area contributed by atoms with E-state index in [9.17, 15) is 14.0 Å². The highest BCUT2D eigenvalue weighted by Gasteiger charge is 2.32. The van der Waals surface area contributed by atoms with Gasteiger partial charge in [0.25, 0.3) is 0 Å². The number of amides is 2. The Morgan fingerprint density at radius 1 is 1.23 bits per heavy atom. The average Bonchev–Trinajstić information content (AvgIpc) is 3.18. The van der Waals surface area contributed by atoms with Crippen molar-refractivity contribution in [1.29, 1.82) is 0 Å². The summed E-state index contributed by atoms with van der Waals surface area (Å²) in [6, 6.07) is 1.60. The minimum absolute atomic E-state index is 0.0158. The number of carbonyl (C=O) groups is 2. The molecule has 2 amide bonds. The van der Waals surface area contributed by atoms with Gasteiger partial charge < -0.3 is 10.6 Å². The topological polar surface area (TPSA) is 88.9 Å². The molecule has 2 atom stereocenters. The van der Waals surface area contributed by atoms with E-state index in [2.05, 4.69) is 34.6 Å². The SMILES string of the molecule is CC(=O)N[C@H]1CCC[C@@H](C(=O)Nc2cc(-c3cnn4c3CC(C)(C)C4)c(F)cn2)C1. The lowest BCUT2D eigenvalue weighted by Crippen LogP contribution is -2.40. The van der Waals surface area contributed by atoms with Crippen molar-refractivity contribution in [2.45, 2.75) is 65.5 Å². The number of hydrogen-bond acceptors (Lipinski definition) is 4. The minimum Gasteiger partial charge on any atom is -0.354 e. The van der Waals surface area contributed by atoms with Gasteiger partial charge in [0, 0.05) is 42.2 Å². The molecule has 2 N–H and O–H groups in total. The van der Waals surface area contributed by atoms with Gasteiger partial charge in [0.2, 0.25) is 11.8 Å². The Labute approximate surface area is 175 Å². The van der Waals surface area contributed by atoms with Crippen LogP contribution in [0.25, 0.3) is 11.1 Å². The van der Waals surface area contributed by atoms with Gasteiger partial charge in [-0.25, -0.2) is 9.37 Å². The average molecular weight is 413 g/mol. The molecule has 7 nitrogen and oxygen atoms in total. The fourth-order valence-electron chi connectivity index (χ4n) is 4.66. The van der Waals surface area contributed by atoms with Crippen molar-refractivity contribution < 1.29 is 14.0 Å². The van der Waals surface area contributed by atoms with Crippen LogP contribution in [-0.4, -0.2) is 32.6 Å². The van der Waals surface area contributed by atoms with Crippen molar-refractivity contribution in [3.63, 3.8) is 0 Å². The predicted molar refractivity (Wildman–Crippen MR) is 111 cm³/mol. The molecule has 0 aromatic carbocycles. The van der Waals surface area contributed by atoms with Crippen LogP contribution in [0.2, 0.25) is 0 Å². The number of fused-ring (bicyclic) bond motifs is 1. The second kappa shape index (κ2) is 7.81. The lowest BCUT2D eigenvalue weighted by atomic mass is 9.85. The van der Waals surface area contributed by atoms with E-state index in [0.29, 0.717) is 17.8 Å². The largest absolute Gasteiger partial charge is 0.354 e. The molecular formula is C22H28FN5O2. The number of carbonyl (C=O) groups excluding carboxylic acids is 2. The van der Waals surface area contributed by atoms with Crippen LogP contribution in [0.3, 0.4) is 0 Å². The Balaban J connectivity index is 1.51. The molecule has 8 heteroatoms. The molecule has 0 spiro atoms. The highest BCUT2D eigenvalue weighted by atomic mass is 19.1. The van der Waals surface area contributed by atoms with Crippen molar-refractivity contribution >= 4 is 17.6 Å². The summed E-state index contributed by atoms with van der Waals surface area (Å²) in [6.07, 6.45) is 6.78. The number of nitrogens with zero attached hydrogens (tertiary/aromatic N) is 3. The van der Waals surface area contributed by atoms with Gasteiger partial charge in [-0.1, -0.05) is 20.3 Å². The minimum atomic E-state index is -0.433. The van der Waals surface area contributed by atoms with E-state index >= 15 is 0 Å². The second-order valence-electron chi connectivity index (χ2n) is 9.30. The predicted octanol–water partition coefficient (Wildman–Crippen LogP) is 3.30. The summed E-state index contributed by atoms with van der Waals surface area (Å²) in [5, 5.41) is 10.2. The molecule has 4 rings (SSSR count). The third kappa shape index (κ3) is 4.22. The van der Waals surface area contributed by atoms with Gasteiger partial charge in [-0.2, -0.15) is 5.10 Å². The first-order chi connectivity index (χ1) is 14.2. The fourth-order valence-corrected chi connectivity index (χ4v) is 4.66. The molecule has 2 aromatic rings. The van der Waals surface area contributed by atoms with Crippen molar-refractivity contribution in [3.8, 4) is 11.1 Å². The lowest BCUT2D eigenvalue weighted by molar-refractivity contribution is -0.123. The number of rotatable bonds is 4. The monoisotopic (exact) mass is 413 g/mol. The van der Waals surface area contributed by atoms with Crippen molar-refractivity contribution in [3.05, 3.63) is 30.0 Å². The first kappa shape index (κ1) is 20.5. The van der Waals surface area contributed by atoms with Crippen LogP contribution in [0.1, 0.15) is 52.1 Å². The quantitative estimate of drug-likeness (QED) is 0.805. The smallest absolute Gasteiger partial charge is 0.228 e. The van der Waals surface area contributed by atoms with Gasteiger partial charge in [-0.05, 0) is 37.2 Å². The molecule has 2 aromatic heterocycles. The molecule has 1 fully saturated rings. The molecule has 30 heavy (non-hydrogen) atoms. The molecule has 1 aliphatic carbocycles. The third-order valence-electron chi connectivity index (χ3n) is 6.02. The first-order valence-electron chi connectivity index (χ1n) is 10.5. The second-order valence-corrected chi connectivity index (χ2v) is 9.30. The highest BCUT2D eigenvalue weighted by molar-refractivity contribution is 5.92. The summed E-state index contributed by atoms with van der Waals surface area (Å²) in [5.74, 6) is -0.529. The Hall–Kier alpha value is -2.77. The molecule has 0 bridgehead atoms. The summed E-state index contributed by atoms with van der Waals surface area (Å²) >= 11 is 0. The van der Waals surface area contributed by atoms with Gasteiger partial charge in [-0.3, -0.25) is 14.3 Å². The Bertz CT molecular complexity index is 984. The highest BCUT2D eigenvalue weighted by Crippen LogP contribution is 2.38. The Morgan fingerprint density at radius 2 is 2.03 bits per heavy atom. The summed E-state index contributed by atoms with van der Waals surface area (Å²) in [5.41, 5.74) is 2.25. The summed E-state index contributed by atoms with van der Waals surface area (Å²) in [4.78, 5) is 28.2. The number of hydrogen-bond donors (Lipinski definition) is 2. The van der Waals surface area contributed by atoms with Gasteiger partial charge in [0.05, 0.1) is 12.4 Å². The van der Waals surface area contributed by atoms with E-state index < -0.39 is 5.82 Å². The molecule has 1 aliphatic heterocycles. The van der Waals surface area contributed by atoms with Crippen LogP contribution in [0, 0.1) is 17.2 Å².